The molecule has 3 nitrogen and oxygen atoms in total. The molecule has 92 valence electrons. The molecule has 0 aromatic heterocycles. The Bertz CT molecular complexity index is 152. The molecule has 1 unspecified atom stereocenters. The van der Waals surface area contributed by atoms with Crippen molar-refractivity contribution >= 4 is 0 Å². The van der Waals surface area contributed by atoms with Crippen LogP contribution in [0, 0.1) is 0 Å². The minimum Gasteiger partial charge on any atom is -0.389 e. The summed E-state index contributed by atoms with van der Waals surface area (Å²) in [5, 5.41) is 13.0. The van der Waals surface area contributed by atoms with Crippen LogP contribution in [-0.2, 0) is 4.74 Å². The lowest BCUT2D eigenvalue weighted by molar-refractivity contribution is 0.0434. The van der Waals surface area contributed by atoms with Gasteiger partial charge in [-0.3, -0.25) is 0 Å². The second kappa shape index (κ2) is 7.20. The second-order valence-corrected chi connectivity index (χ2v) is 4.96. The Kier molecular flexibility index (Phi) is 7.14. The fourth-order valence-electron chi connectivity index (χ4n) is 1.11. The van der Waals surface area contributed by atoms with E-state index in [1.54, 1.807) is 0 Å². The molecule has 15 heavy (non-hydrogen) atoms. The van der Waals surface area contributed by atoms with E-state index in [1.165, 1.54) is 0 Å². The normalized spacial score (nSPS) is 14.6. The number of nitrogens with one attached hydrogen (secondary N) is 1. The first kappa shape index (κ1) is 14.9. The van der Waals surface area contributed by atoms with Gasteiger partial charge in [-0.2, -0.15) is 0 Å². The number of unbranched alkanes of at least 4 members (excludes halogenated alkanes) is 1. The molecule has 0 heterocycles. The lowest BCUT2D eigenvalue weighted by Gasteiger charge is -2.26. The summed E-state index contributed by atoms with van der Waals surface area (Å²) in [6.07, 6.45) is 2.49. The molecule has 0 spiro atoms. The molecular formula is C12H27NO2. The zero-order valence-electron chi connectivity index (χ0n) is 10.8. The van der Waals surface area contributed by atoms with Crippen LogP contribution in [0.15, 0.2) is 0 Å². The summed E-state index contributed by atoms with van der Waals surface area (Å²) >= 11 is 0. The Hall–Kier alpha value is -0.120. The average molecular weight is 217 g/mol. The largest absolute Gasteiger partial charge is 0.389 e. The first-order valence-electron chi connectivity index (χ1n) is 5.91. The average Bonchev–Trinajstić information content (AvgIpc) is 2.08. The topological polar surface area (TPSA) is 41.5 Å². The van der Waals surface area contributed by atoms with Gasteiger partial charge in [-0.25, -0.2) is 0 Å². The summed E-state index contributed by atoms with van der Waals surface area (Å²) in [4.78, 5) is 0. The third-order valence-corrected chi connectivity index (χ3v) is 2.53. The first-order valence-corrected chi connectivity index (χ1v) is 5.91. The Morgan fingerprint density at radius 3 is 2.27 bits per heavy atom. The molecule has 0 amide bonds. The summed E-state index contributed by atoms with van der Waals surface area (Å²) in [6.45, 7) is 11.5. The van der Waals surface area contributed by atoms with Gasteiger partial charge in [0.2, 0.25) is 0 Å². The molecule has 0 aromatic carbocycles. The fraction of sp³-hybridized carbons (Fsp3) is 1.00. The Balaban J connectivity index is 3.32. The van der Waals surface area contributed by atoms with Crippen LogP contribution in [0.25, 0.3) is 0 Å². The van der Waals surface area contributed by atoms with Crippen LogP contribution in [0.4, 0.5) is 0 Å². The summed E-state index contributed by atoms with van der Waals surface area (Å²) in [5.41, 5.74) is -0.644. The van der Waals surface area contributed by atoms with Gasteiger partial charge in [0.05, 0.1) is 11.7 Å². The minimum atomic E-state index is -0.644. The van der Waals surface area contributed by atoms with Crippen molar-refractivity contribution in [2.24, 2.45) is 0 Å². The monoisotopic (exact) mass is 217 g/mol. The highest BCUT2D eigenvalue weighted by atomic mass is 16.5. The van der Waals surface area contributed by atoms with Gasteiger partial charge in [-0.05, 0) is 54.0 Å². The second-order valence-electron chi connectivity index (χ2n) is 4.96. The fourth-order valence-corrected chi connectivity index (χ4v) is 1.11. The molecule has 0 aliphatic carbocycles. The summed E-state index contributed by atoms with van der Waals surface area (Å²) in [5.74, 6) is 0. The standard InChI is InChI=1S/C12H27NO2/c1-10(2)15-9-7-6-8-13-11(3)12(4,5)14/h10-11,13-14H,6-9H2,1-5H3. The minimum absolute atomic E-state index is 0.128. The quantitative estimate of drug-likeness (QED) is 0.611. The predicted molar refractivity (Wildman–Crippen MR) is 64.1 cm³/mol. The number of hydrogen-bond acceptors (Lipinski definition) is 3. The van der Waals surface area contributed by atoms with Gasteiger partial charge >= 0.3 is 0 Å². The van der Waals surface area contributed by atoms with Crippen LogP contribution in [0.1, 0.15) is 47.5 Å². The maximum atomic E-state index is 9.67. The smallest absolute Gasteiger partial charge is 0.0741 e. The van der Waals surface area contributed by atoms with Crippen molar-refractivity contribution in [1.29, 1.82) is 0 Å². The van der Waals surface area contributed by atoms with Crippen LogP contribution >= 0.6 is 0 Å². The van der Waals surface area contributed by atoms with Crippen molar-refractivity contribution in [2.45, 2.75) is 65.2 Å². The summed E-state index contributed by atoms with van der Waals surface area (Å²) < 4.78 is 5.44. The van der Waals surface area contributed by atoms with E-state index in [1.807, 2.05) is 20.8 Å². The van der Waals surface area contributed by atoms with Crippen molar-refractivity contribution < 1.29 is 9.84 Å². The molecule has 3 heteroatoms. The third-order valence-electron chi connectivity index (χ3n) is 2.53. The maximum absolute atomic E-state index is 9.67. The molecule has 2 N–H and O–H groups in total. The zero-order valence-corrected chi connectivity index (χ0v) is 10.8. The predicted octanol–water partition coefficient (Wildman–Crippen LogP) is 1.94. The molecule has 0 rings (SSSR count). The van der Waals surface area contributed by atoms with E-state index in [4.69, 9.17) is 4.74 Å². The van der Waals surface area contributed by atoms with E-state index in [2.05, 4.69) is 19.2 Å². The van der Waals surface area contributed by atoms with E-state index < -0.39 is 5.60 Å². The van der Waals surface area contributed by atoms with Gasteiger partial charge < -0.3 is 15.2 Å². The van der Waals surface area contributed by atoms with Crippen molar-refractivity contribution in [3.05, 3.63) is 0 Å². The van der Waals surface area contributed by atoms with E-state index in [0.29, 0.717) is 6.10 Å². The van der Waals surface area contributed by atoms with Gasteiger partial charge in [-0.1, -0.05) is 0 Å². The first-order chi connectivity index (χ1) is 6.84. The van der Waals surface area contributed by atoms with Crippen molar-refractivity contribution in [3.63, 3.8) is 0 Å². The molecular weight excluding hydrogens is 190 g/mol. The van der Waals surface area contributed by atoms with Crippen LogP contribution in [0.3, 0.4) is 0 Å². The van der Waals surface area contributed by atoms with Gasteiger partial charge in [0, 0.05) is 12.6 Å². The number of ether oxygens (including phenoxy) is 1. The van der Waals surface area contributed by atoms with E-state index in [-0.39, 0.29) is 6.04 Å². The molecule has 0 saturated heterocycles. The summed E-state index contributed by atoms with van der Waals surface area (Å²) in [7, 11) is 0. The molecule has 0 fully saturated rings. The van der Waals surface area contributed by atoms with Crippen molar-refractivity contribution in [2.75, 3.05) is 13.2 Å². The van der Waals surface area contributed by atoms with Crippen LogP contribution in [0.2, 0.25) is 0 Å². The number of aliphatic hydroxyl groups is 1. The highest BCUT2D eigenvalue weighted by molar-refractivity contribution is 4.79. The number of rotatable bonds is 8. The Labute approximate surface area is 94.2 Å². The summed E-state index contributed by atoms with van der Waals surface area (Å²) in [6, 6.07) is 0.128. The molecule has 1 atom stereocenters. The van der Waals surface area contributed by atoms with Crippen molar-refractivity contribution in [3.8, 4) is 0 Å². The maximum Gasteiger partial charge on any atom is 0.0741 e. The van der Waals surface area contributed by atoms with Crippen LogP contribution in [0.5, 0.6) is 0 Å². The molecule has 0 aromatic rings. The molecule has 0 saturated carbocycles. The van der Waals surface area contributed by atoms with Gasteiger partial charge in [0.1, 0.15) is 0 Å². The Morgan fingerprint density at radius 1 is 1.20 bits per heavy atom. The lowest BCUT2D eigenvalue weighted by atomic mass is 10.0. The van der Waals surface area contributed by atoms with Gasteiger partial charge in [0.25, 0.3) is 0 Å². The molecule has 0 aliphatic heterocycles. The third kappa shape index (κ3) is 8.85. The zero-order chi connectivity index (χ0) is 11.9. The van der Waals surface area contributed by atoms with E-state index >= 15 is 0 Å². The number of hydrogen-bond donors (Lipinski definition) is 2. The molecule has 0 bridgehead atoms. The van der Waals surface area contributed by atoms with Crippen LogP contribution < -0.4 is 5.32 Å². The lowest BCUT2D eigenvalue weighted by Crippen LogP contribution is -2.44. The highest BCUT2D eigenvalue weighted by Crippen LogP contribution is 2.07. The Morgan fingerprint density at radius 2 is 1.80 bits per heavy atom. The SMILES string of the molecule is CC(C)OCCCCNC(C)C(C)(C)O. The van der Waals surface area contributed by atoms with Crippen LogP contribution in [-0.4, -0.2) is 36.0 Å². The molecule has 0 radical (unpaired) electrons. The molecule has 0 aliphatic rings. The van der Waals surface area contributed by atoms with Gasteiger partial charge in [-0.15, -0.1) is 0 Å². The van der Waals surface area contributed by atoms with Crippen molar-refractivity contribution in [1.82, 2.24) is 5.32 Å². The highest BCUT2D eigenvalue weighted by Gasteiger charge is 2.20. The van der Waals surface area contributed by atoms with E-state index in [0.717, 1.165) is 26.0 Å². The van der Waals surface area contributed by atoms with E-state index in [9.17, 15) is 5.11 Å². The van der Waals surface area contributed by atoms with Gasteiger partial charge in [0.15, 0.2) is 0 Å².